The summed E-state index contributed by atoms with van der Waals surface area (Å²) in [4.78, 5) is 24.1. The quantitative estimate of drug-likeness (QED) is 0.787. The zero-order chi connectivity index (χ0) is 15.1. The Bertz CT molecular complexity index is 482. The molecule has 0 spiro atoms. The first-order chi connectivity index (χ1) is 9.41. The van der Waals surface area contributed by atoms with Crippen LogP contribution < -0.4 is 0 Å². The van der Waals surface area contributed by atoms with Crippen LogP contribution in [0.25, 0.3) is 0 Å². The van der Waals surface area contributed by atoms with Crippen LogP contribution in [0.2, 0.25) is 0 Å². The molecule has 0 saturated heterocycles. The SMILES string of the molecule is CN(CCCC(=O)O)C(=O)c1ccccc1SC(F)F. The van der Waals surface area contributed by atoms with Gasteiger partial charge in [0.05, 0.1) is 5.56 Å². The lowest BCUT2D eigenvalue weighted by atomic mass is 10.2. The predicted octanol–water partition coefficient (Wildman–Crippen LogP) is 2.94. The summed E-state index contributed by atoms with van der Waals surface area (Å²) in [6.07, 6.45) is 0.285. The molecule has 7 heteroatoms. The van der Waals surface area contributed by atoms with Crippen molar-refractivity contribution in [3.05, 3.63) is 29.8 Å². The highest BCUT2D eigenvalue weighted by atomic mass is 32.2. The van der Waals surface area contributed by atoms with Gasteiger partial charge < -0.3 is 10.0 Å². The maximum Gasteiger partial charge on any atom is 0.303 e. The van der Waals surface area contributed by atoms with Crippen molar-refractivity contribution in [3.63, 3.8) is 0 Å². The lowest BCUT2D eigenvalue weighted by Gasteiger charge is -2.18. The van der Waals surface area contributed by atoms with E-state index in [1.165, 1.54) is 24.1 Å². The summed E-state index contributed by atoms with van der Waals surface area (Å²) in [5, 5.41) is 8.54. The molecule has 0 fully saturated rings. The molecule has 1 amide bonds. The standard InChI is InChI=1S/C13H15F2NO3S/c1-16(8-4-7-11(17)18)12(19)9-5-2-3-6-10(9)20-13(14)15/h2-3,5-6,13H,4,7-8H2,1H3,(H,17,18). The number of carboxylic acids is 1. The summed E-state index contributed by atoms with van der Waals surface area (Å²) in [5.41, 5.74) is 0.204. The molecule has 0 heterocycles. The summed E-state index contributed by atoms with van der Waals surface area (Å²) >= 11 is 0.325. The number of rotatable bonds is 7. The lowest BCUT2D eigenvalue weighted by molar-refractivity contribution is -0.137. The van der Waals surface area contributed by atoms with Crippen molar-refractivity contribution in [2.45, 2.75) is 23.5 Å². The number of hydrogen-bond acceptors (Lipinski definition) is 3. The lowest BCUT2D eigenvalue weighted by Crippen LogP contribution is -2.28. The van der Waals surface area contributed by atoms with E-state index in [0.29, 0.717) is 18.2 Å². The summed E-state index contributed by atoms with van der Waals surface area (Å²) in [5.74, 6) is -3.92. The Hall–Kier alpha value is -1.63. The maximum absolute atomic E-state index is 12.4. The molecule has 0 aliphatic rings. The molecule has 0 atom stereocenters. The molecule has 0 aliphatic carbocycles. The van der Waals surface area contributed by atoms with Crippen LogP contribution in [0.3, 0.4) is 0 Å². The minimum atomic E-state index is -2.60. The van der Waals surface area contributed by atoms with Crippen molar-refractivity contribution in [2.24, 2.45) is 0 Å². The second-order valence-corrected chi connectivity index (χ2v) is 5.13. The number of alkyl halides is 2. The minimum absolute atomic E-state index is 0.0367. The third-order valence-corrected chi connectivity index (χ3v) is 3.35. The molecule has 0 aromatic heterocycles. The number of carbonyl (C=O) groups excluding carboxylic acids is 1. The number of carboxylic acid groups (broad SMARTS) is 1. The fourth-order valence-electron chi connectivity index (χ4n) is 1.62. The van der Waals surface area contributed by atoms with Crippen LogP contribution in [0.1, 0.15) is 23.2 Å². The number of hydrogen-bond donors (Lipinski definition) is 1. The number of thioether (sulfide) groups is 1. The highest BCUT2D eigenvalue weighted by Gasteiger charge is 2.18. The van der Waals surface area contributed by atoms with Crippen molar-refractivity contribution < 1.29 is 23.5 Å². The molecule has 0 bridgehead atoms. The molecule has 0 radical (unpaired) electrons. The van der Waals surface area contributed by atoms with Gasteiger partial charge in [0.15, 0.2) is 0 Å². The van der Waals surface area contributed by atoms with Gasteiger partial charge in [-0.25, -0.2) is 0 Å². The highest BCUT2D eigenvalue weighted by Crippen LogP contribution is 2.28. The zero-order valence-electron chi connectivity index (χ0n) is 10.9. The molecular weight excluding hydrogens is 288 g/mol. The molecule has 0 aliphatic heterocycles. The van der Waals surface area contributed by atoms with E-state index < -0.39 is 11.7 Å². The molecule has 110 valence electrons. The number of benzene rings is 1. The van der Waals surface area contributed by atoms with Gasteiger partial charge >= 0.3 is 5.97 Å². The summed E-state index contributed by atoms with van der Waals surface area (Å²) in [7, 11) is 1.52. The van der Waals surface area contributed by atoms with Gasteiger partial charge in [-0.15, -0.1) is 0 Å². The normalized spacial score (nSPS) is 10.6. The monoisotopic (exact) mass is 303 g/mol. The van der Waals surface area contributed by atoms with Gasteiger partial charge in [0, 0.05) is 24.9 Å². The van der Waals surface area contributed by atoms with Crippen molar-refractivity contribution >= 4 is 23.6 Å². The third-order valence-electron chi connectivity index (χ3n) is 2.56. The van der Waals surface area contributed by atoms with E-state index >= 15 is 0 Å². The zero-order valence-corrected chi connectivity index (χ0v) is 11.7. The van der Waals surface area contributed by atoms with Crippen LogP contribution >= 0.6 is 11.8 Å². The van der Waals surface area contributed by atoms with Crippen LogP contribution in [-0.2, 0) is 4.79 Å². The van der Waals surface area contributed by atoms with Crippen molar-refractivity contribution in [1.29, 1.82) is 0 Å². The smallest absolute Gasteiger partial charge is 0.303 e. The largest absolute Gasteiger partial charge is 0.481 e. The van der Waals surface area contributed by atoms with Gasteiger partial charge in [-0.05, 0) is 18.6 Å². The molecule has 1 aromatic carbocycles. The second-order valence-electron chi connectivity index (χ2n) is 4.10. The highest BCUT2D eigenvalue weighted by molar-refractivity contribution is 7.99. The van der Waals surface area contributed by atoms with Gasteiger partial charge in [-0.3, -0.25) is 9.59 Å². The van der Waals surface area contributed by atoms with Gasteiger partial charge in [0.1, 0.15) is 0 Å². The summed E-state index contributed by atoms with van der Waals surface area (Å²) < 4.78 is 24.9. The van der Waals surface area contributed by atoms with Crippen LogP contribution in [0.4, 0.5) is 8.78 Å². The predicted molar refractivity (Wildman–Crippen MR) is 72.1 cm³/mol. The Labute approximate surface area is 119 Å². The average molecular weight is 303 g/mol. The average Bonchev–Trinajstić information content (AvgIpc) is 2.37. The Balaban J connectivity index is 2.73. The Morgan fingerprint density at radius 3 is 2.60 bits per heavy atom. The Kier molecular flexibility index (Phi) is 6.44. The topological polar surface area (TPSA) is 57.6 Å². The van der Waals surface area contributed by atoms with Crippen molar-refractivity contribution in [2.75, 3.05) is 13.6 Å². The molecular formula is C13H15F2NO3S. The second kappa shape index (κ2) is 7.84. The number of carbonyl (C=O) groups is 2. The number of amides is 1. The summed E-state index contributed by atoms with van der Waals surface area (Å²) in [6.45, 7) is 0.263. The van der Waals surface area contributed by atoms with Gasteiger partial charge in [0.2, 0.25) is 0 Å². The van der Waals surface area contributed by atoms with E-state index in [2.05, 4.69) is 0 Å². The van der Waals surface area contributed by atoms with Gasteiger partial charge in [0.25, 0.3) is 11.7 Å². The molecule has 4 nitrogen and oxygen atoms in total. The molecule has 0 saturated carbocycles. The van der Waals surface area contributed by atoms with E-state index in [4.69, 9.17) is 5.11 Å². The van der Waals surface area contributed by atoms with Crippen LogP contribution in [0.15, 0.2) is 29.2 Å². The van der Waals surface area contributed by atoms with Crippen LogP contribution in [0.5, 0.6) is 0 Å². The van der Waals surface area contributed by atoms with E-state index in [-0.39, 0.29) is 29.3 Å². The Morgan fingerprint density at radius 2 is 2.00 bits per heavy atom. The first kappa shape index (κ1) is 16.4. The van der Waals surface area contributed by atoms with Gasteiger partial charge in [-0.2, -0.15) is 8.78 Å². The first-order valence-electron chi connectivity index (χ1n) is 5.93. The third kappa shape index (κ3) is 5.16. The summed E-state index contributed by atoms with van der Waals surface area (Å²) in [6, 6.07) is 6.15. The van der Waals surface area contributed by atoms with E-state index in [0.717, 1.165) is 0 Å². The molecule has 1 aromatic rings. The number of nitrogens with zero attached hydrogens (tertiary/aromatic N) is 1. The van der Waals surface area contributed by atoms with Crippen LogP contribution in [-0.4, -0.2) is 41.2 Å². The van der Waals surface area contributed by atoms with E-state index in [1.54, 1.807) is 12.1 Å². The number of halogens is 2. The maximum atomic E-state index is 12.4. The molecule has 1 rings (SSSR count). The van der Waals surface area contributed by atoms with Gasteiger partial charge in [-0.1, -0.05) is 23.9 Å². The van der Waals surface area contributed by atoms with Crippen molar-refractivity contribution in [1.82, 2.24) is 4.90 Å². The Morgan fingerprint density at radius 1 is 1.35 bits per heavy atom. The van der Waals surface area contributed by atoms with Crippen molar-refractivity contribution in [3.8, 4) is 0 Å². The molecule has 20 heavy (non-hydrogen) atoms. The van der Waals surface area contributed by atoms with E-state index in [1.807, 2.05) is 0 Å². The van der Waals surface area contributed by atoms with Crippen LogP contribution in [0, 0.1) is 0 Å². The molecule has 1 N–H and O–H groups in total. The fourth-order valence-corrected chi connectivity index (χ4v) is 2.25. The van der Waals surface area contributed by atoms with E-state index in [9.17, 15) is 18.4 Å². The fraction of sp³-hybridized carbons (Fsp3) is 0.385. The minimum Gasteiger partial charge on any atom is -0.481 e. The number of aliphatic carboxylic acids is 1. The molecule has 0 unspecified atom stereocenters. The first-order valence-corrected chi connectivity index (χ1v) is 6.81.